The minimum atomic E-state index is -5.28. The first kappa shape index (κ1) is 17.5. The number of ether oxygens (including phenoxy) is 1. The largest absolute Gasteiger partial charge is 0.491 e. The van der Waals surface area contributed by atoms with Crippen LogP contribution in [0.4, 0.5) is 28.0 Å². The van der Waals surface area contributed by atoms with Gasteiger partial charge in [-0.05, 0) is 30.2 Å². The van der Waals surface area contributed by atoms with Crippen molar-refractivity contribution in [2.45, 2.75) is 13.1 Å². The number of rotatable bonds is 2. The zero-order chi connectivity index (χ0) is 17.9. The molecule has 2 aromatic carbocycles. The quantitative estimate of drug-likeness (QED) is 0.499. The highest BCUT2D eigenvalue weighted by Gasteiger charge is 2.42. The lowest BCUT2D eigenvalue weighted by Gasteiger charge is -2.14. The Balaban J connectivity index is 2.31. The number of carbonyl (C=O) groups is 2. The molecule has 1 N–H and O–H groups in total. The van der Waals surface area contributed by atoms with Crippen LogP contribution in [0.5, 0.6) is 0 Å². The summed E-state index contributed by atoms with van der Waals surface area (Å²) < 4.78 is 53.4. The highest BCUT2D eigenvalue weighted by atomic mass is 19.4. The van der Waals surface area contributed by atoms with Crippen LogP contribution in [0.3, 0.4) is 0 Å². The van der Waals surface area contributed by atoms with Gasteiger partial charge in [0.05, 0.1) is 5.69 Å². The number of carbonyl (C=O) groups excluding carboxylic acids is 2. The average molecular weight is 341 g/mol. The summed E-state index contributed by atoms with van der Waals surface area (Å²) in [5.41, 5.74) is 1.37. The molecule has 0 atom stereocenters. The Bertz CT molecular complexity index is 787. The minimum absolute atomic E-state index is 0.114. The number of benzene rings is 2. The number of esters is 1. The summed E-state index contributed by atoms with van der Waals surface area (Å²) >= 11 is 0. The topological polar surface area (TPSA) is 55.4 Å². The van der Waals surface area contributed by atoms with Gasteiger partial charge >= 0.3 is 18.2 Å². The summed E-state index contributed by atoms with van der Waals surface area (Å²) in [7, 11) is 0. The lowest BCUT2D eigenvalue weighted by Crippen LogP contribution is -2.30. The van der Waals surface area contributed by atoms with Crippen molar-refractivity contribution in [2.75, 3.05) is 5.32 Å². The molecule has 0 aliphatic rings. The van der Waals surface area contributed by atoms with E-state index in [2.05, 4.69) is 10.1 Å². The predicted octanol–water partition coefficient (Wildman–Crippen LogP) is 4.44. The van der Waals surface area contributed by atoms with Gasteiger partial charge in [-0.2, -0.15) is 13.2 Å². The third-order valence-electron chi connectivity index (χ3n) is 3.05. The highest BCUT2D eigenvalue weighted by Crippen LogP contribution is 2.31. The van der Waals surface area contributed by atoms with Gasteiger partial charge in [0.1, 0.15) is 5.82 Å². The molecule has 0 aliphatic heterocycles. The molecule has 0 spiro atoms. The number of alkyl halides is 3. The van der Waals surface area contributed by atoms with Gasteiger partial charge < -0.3 is 4.74 Å². The van der Waals surface area contributed by atoms with Gasteiger partial charge in [-0.1, -0.05) is 30.3 Å². The number of para-hydroxylation sites is 1. The van der Waals surface area contributed by atoms with E-state index in [1.165, 1.54) is 18.2 Å². The summed E-state index contributed by atoms with van der Waals surface area (Å²) in [6, 6.07) is 10.2. The molecule has 0 saturated heterocycles. The lowest BCUT2D eigenvalue weighted by molar-refractivity contribution is -0.192. The van der Waals surface area contributed by atoms with Crippen molar-refractivity contribution >= 4 is 17.7 Å². The Morgan fingerprint density at radius 1 is 1.08 bits per heavy atom. The molecule has 24 heavy (non-hydrogen) atoms. The van der Waals surface area contributed by atoms with Crippen LogP contribution in [-0.4, -0.2) is 18.2 Å². The number of anilines is 1. The highest BCUT2D eigenvalue weighted by molar-refractivity contribution is 5.98. The smallest absolute Gasteiger partial charge is 0.369 e. The SMILES string of the molecule is Cc1cccc(-c2cccc(F)c2)c1NC(=O)OC(=O)C(F)(F)F. The van der Waals surface area contributed by atoms with E-state index in [0.29, 0.717) is 16.7 Å². The van der Waals surface area contributed by atoms with Gasteiger partial charge in [0.15, 0.2) is 0 Å². The molecule has 0 fully saturated rings. The molecular formula is C16H11F4NO3. The molecule has 8 heteroatoms. The Morgan fingerprint density at radius 2 is 1.75 bits per heavy atom. The zero-order valence-corrected chi connectivity index (χ0v) is 12.3. The number of aryl methyl sites for hydroxylation is 1. The maximum absolute atomic E-state index is 13.4. The molecule has 0 bridgehead atoms. The summed E-state index contributed by atoms with van der Waals surface area (Å²) in [5, 5.41) is 2.10. The zero-order valence-electron chi connectivity index (χ0n) is 12.3. The standard InChI is InChI=1S/C16H11F4NO3/c1-9-4-2-7-12(10-5-3-6-11(17)8-10)13(9)21-15(23)24-14(22)16(18,19)20/h2-8H,1H3,(H,21,23). The number of halogens is 4. The molecule has 0 unspecified atom stereocenters. The van der Waals surface area contributed by atoms with Crippen molar-refractivity contribution in [2.24, 2.45) is 0 Å². The van der Waals surface area contributed by atoms with Crippen LogP contribution in [0, 0.1) is 12.7 Å². The van der Waals surface area contributed by atoms with Crippen molar-refractivity contribution < 1.29 is 31.9 Å². The van der Waals surface area contributed by atoms with E-state index in [9.17, 15) is 27.2 Å². The maximum atomic E-state index is 13.4. The van der Waals surface area contributed by atoms with E-state index in [1.54, 1.807) is 31.2 Å². The van der Waals surface area contributed by atoms with Gasteiger partial charge in [0.2, 0.25) is 0 Å². The van der Waals surface area contributed by atoms with Crippen molar-refractivity contribution in [3.63, 3.8) is 0 Å². The molecule has 0 radical (unpaired) electrons. The summed E-state index contributed by atoms with van der Waals surface area (Å²) in [6.07, 6.45) is -6.86. The van der Waals surface area contributed by atoms with E-state index in [-0.39, 0.29) is 5.69 Å². The fourth-order valence-corrected chi connectivity index (χ4v) is 2.00. The molecule has 4 nitrogen and oxygen atoms in total. The first-order chi connectivity index (χ1) is 11.2. The monoisotopic (exact) mass is 341 g/mol. The molecular weight excluding hydrogens is 330 g/mol. The second-order valence-corrected chi connectivity index (χ2v) is 4.81. The Labute approximate surface area is 134 Å². The minimum Gasteiger partial charge on any atom is -0.369 e. The fraction of sp³-hybridized carbons (Fsp3) is 0.125. The van der Waals surface area contributed by atoms with Crippen LogP contribution >= 0.6 is 0 Å². The number of nitrogens with one attached hydrogen (secondary N) is 1. The van der Waals surface area contributed by atoms with Gasteiger partial charge in [-0.25, -0.2) is 14.0 Å². The number of hydrogen-bond donors (Lipinski definition) is 1. The van der Waals surface area contributed by atoms with Gasteiger partial charge in [0, 0.05) is 5.56 Å². The molecule has 0 aliphatic carbocycles. The molecule has 2 aromatic rings. The van der Waals surface area contributed by atoms with E-state index in [0.717, 1.165) is 0 Å². The van der Waals surface area contributed by atoms with E-state index in [4.69, 9.17) is 0 Å². The third kappa shape index (κ3) is 4.09. The molecule has 0 heterocycles. The van der Waals surface area contributed by atoms with Crippen molar-refractivity contribution in [3.8, 4) is 11.1 Å². The van der Waals surface area contributed by atoms with Gasteiger partial charge in [-0.15, -0.1) is 0 Å². The van der Waals surface area contributed by atoms with Crippen LogP contribution in [0.1, 0.15) is 5.56 Å². The van der Waals surface area contributed by atoms with E-state index in [1.807, 2.05) is 0 Å². The Hall–Kier alpha value is -2.90. The Kier molecular flexibility index (Phi) is 4.87. The van der Waals surface area contributed by atoms with Gasteiger partial charge in [0.25, 0.3) is 0 Å². The van der Waals surface area contributed by atoms with E-state index >= 15 is 0 Å². The van der Waals surface area contributed by atoms with E-state index < -0.39 is 24.1 Å². The van der Waals surface area contributed by atoms with Crippen LogP contribution in [0.15, 0.2) is 42.5 Å². The molecule has 126 valence electrons. The molecule has 2 rings (SSSR count). The summed E-state index contributed by atoms with van der Waals surface area (Å²) in [4.78, 5) is 22.2. The van der Waals surface area contributed by atoms with Crippen molar-refractivity contribution in [1.82, 2.24) is 0 Å². The number of hydrogen-bond acceptors (Lipinski definition) is 3. The van der Waals surface area contributed by atoms with Crippen molar-refractivity contribution in [1.29, 1.82) is 0 Å². The van der Waals surface area contributed by atoms with Crippen LogP contribution < -0.4 is 5.32 Å². The Morgan fingerprint density at radius 3 is 2.38 bits per heavy atom. The maximum Gasteiger partial charge on any atom is 0.491 e. The second-order valence-electron chi connectivity index (χ2n) is 4.81. The predicted molar refractivity (Wildman–Crippen MR) is 77.7 cm³/mol. The van der Waals surface area contributed by atoms with Crippen LogP contribution in [0.2, 0.25) is 0 Å². The fourth-order valence-electron chi connectivity index (χ4n) is 2.00. The first-order valence-electron chi connectivity index (χ1n) is 6.64. The lowest BCUT2D eigenvalue weighted by atomic mass is 10.0. The van der Waals surface area contributed by atoms with Crippen LogP contribution in [-0.2, 0) is 9.53 Å². The molecule has 0 aromatic heterocycles. The third-order valence-corrected chi connectivity index (χ3v) is 3.05. The molecule has 1 amide bonds. The normalized spacial score (nSPS) is 11.0. The first-order valence-corrected chi connectivity index (χ1v) is 6.64. The number of amides is 1. The molecule has 0 saturated carbocycles. The van der Waals surface area contributed by atoms with Crippen LogP contribution in [0.25, 0.3) is 11.1 Å². The summed E-state index contributed by atoms with van der Waals surface area (Å²) in [6.45, 7) is 1.59. The average Bonchev–Trinajstić information content (AvgIpc) is 2.48. The van der Waals surface area contributed by atoms with Crippen molar-refractivity contribution in [3.05, 3.63) is 53.8 Å². The second kappa shape index (κ2) is 6.69. The van der Waals surface area contributed by atoms with Gasteiger partial charge in [-0.3, -0.25) is 5.32 Å². The summed E-state index contributed by atoms with van der Waals surface area (Å²) in [5.74, 6) is -3.14.